The van der Waals surface area contributed by atoms with Crippen LogP contribution in [0.25, 0.3) is 0 Å². The summed E-state index contributed by atoms with van der Waals surface area (Å²) in [7, 11) is 0. The van der Waals surface area contributed by atoms with Crippen molar-refractivity contribution in [1.29, 1.82) is 0 Å². The fourth-order valence-corrected chi connectivity index (χ4v) is 2.73. The molecule has 1 aliphatic rings. The number of nitrogen functional groups attached to an aromatic ring is 1. The lowest BCUT2D eigenvalue weighted by atomic mass is 10.1. The van der Waals surface area contributed by atoms with E-state index in [9.17, 15) is 9.59 Å². The van der Waals surface area contributed by atoms with Gasteiger partial charge in [-0.3, -0.25) is 15.0 Å². The van der Waals surface area contributed by atoms with E-state index in [0.717, 1.165) is 16.6 Å². The average Bonchev–Trinajstić information content (AvgIpc) is 2.69. The smallest absolute Gasteiger partial charge is 0.265 e. The number of hydrogen-bond donors (Lipinski definition) is 2. The van der Waals surface area contributed by atoms with E-state index in [2.05, 4.69) is 28.3 Å². The van der Waals surface area contributed by atoms with Gasteiger partial charge in [0.1, 0.15) is 0 Å². The van der Waals surface area contributed by atoms with Crippen LogP contribution in [0.3, 0.4) is 0 Å². The van der Waals surface area contributed by atoms with Crippen LogP contribution in [0.1, 0.15) is 29.3 Å². The number of rotatable bonds is 3. The first kappa shape index (κ1) is 14.0. The first-order valence-corrected chi connectivity index (χ1v) is 6.87. The van der Waals surface area contributed by atoms with Crippen molar-refractivity contribution in [1.82, 2.24) is 10.3 Å². The Bertz CT molecular complexity index is 519. The summed E-state index contributed by atoms with van der Waals surface area (Å²) >= 11 is 3.43. The molecule has 0 spiro atoms. The average molecular weight is 326 g/mol. The summed E-state index contributed by atoms with van der Waals surface area (Å²) in [6, 6.07) is 5.25. The van der Waals surface area contributed by atoms with Crippen molar-refractivity contribution < 1.29 is 9.59 Å². The van der Waals surface area contributed by atoms with Crippen molar-refractivity contribution in [3.8, 4) is 0 Å². The summed E-state index contributed by atoms with van der Waals surface area (Å²) in [5.74, 6) is 5.35. The standard InChI is InChI=1S/C13H16BrN3O2/c1-8-4-12(18)17(6-8)7-10-3-2-9(5-11(10)14)13(19)16-15/h2-3,5,8H,4,6-7,15H2,1H3,(H,16,19). The zero-order valence-corrected chi connectivity index (χ0v) is 12.2. The number of nitrogens with one attached hydrogen (secondary N) is 1. The zero-order valence-electron chi connectivity index (χ0n) is 10.6. The van der Waals surface area contributed by atoms with E-state index in [1.165, 1.54) is 0 Å². The van der Waals surface area contributed by atoms with Crippen LogP contribution in [0.4, 0.5) is 0 Å². The van der Waals surface area contributed by atoms with E-state index in [0.29, 0.717) is 24.4 Å². The van der Waals surface area contributed by atoms with E-state index in [1.807, 2.05) is 11.0 Å². The second-order valence-electron chi connectivity index (χ2n) is 4.86. The third-order valence-electron chi connectivity index (χ3n) is 3.22. The molecule has 1 heterocycles. The maximum atomic E-state index is 11.8. The molecule has 0 saturated carbocycles. The Labute approximate surface area is 120 Å². The first-order chi connectivity index (χ1) is 9.01. The number of nitrogens with zero attached hydrogens (tertiary/aromatic N) is 1. The molecule has 2 amide bonds. The number of amides is 2. The highest BCUT2D eigenvalue weighted by Crippen LogP contribution is 2.24. The molecule has 0 aromatic heterocycles. The van der Waals surface area contributed by atoms with Crippen LogP contribution in [-0.4, -0.2) is 23.3 Å². The van der Waals surface area contributed by atoms with Gasteiger partial charge in [0.25, 0.3) is 5.91 Å². The number of carbonyl (C=O) groups excluding carboxylic acids is 2. The topological polar surface area (TPSA) is 75.4 Å². The minimum atomic E-state index is -0.335. The van der Waals surface area contributed by atoms with Crippen molar-refractivity contribution >= 4 is 27.7 Å². The summed E-state index contributed by atoms with van der Waals surface area (Å²) in [6.07, 6.45) is 0.616. The molecule has 5 nitrogen and oxygen atoms in total. The summed E-state index contributed by atoms with van der Waals surface area (Å²) < 4.78 is 0.806. The molecule has 6 heteroatoms. The van der Waals surface area contributed by atoms with Gasteiger partial charge in [-0.15, -0.1) is 0 Å². The van der Waals surface area contributed by atoms with Gasteiger partial charge in [0.15, 0.2) is 0 Å². The van der Waals surface area contributed by atoms with Gasteiger partial charge in [-0.2, -0.15) is 0 Å². The van der Waals surface area contributed by atoms with Gasteiger partial charge in [0.05, 0.1) is 0 Å². The Morgan fingerprint density at radius 2 is 2.32 bits per heavy atom. The van der Waals surface area contributed by atoms with Crippen LogP contribution in [0.15, 0.2) is 22.7 Å². The highest BCUT2D eigenvalue weighted by atomic mass is 79.9. The highest BCUT2D eigenvalue weighted by Gasteiger charge is 2.26. The third kappa shape index (κ3) is 3.13. The van der Waals surface area contributed by atoms with E-state index in [-0.39, 0.29) is 11.8 Å². The summed E-state index contributed by atoms with van der Waals surface area (Å²) in [4.78, 5) is 25.0. The monoisotopic (exact) mass is 325 g/mol. The summed E-state index contributed by atoms with van der Waals surface area (Å²) in [6.45, 7) is 3.42. The Balaban J connectivity index is 2.13. The largest absolute Gasteiger partial charge is 0.338 e. The maximum Gasteiger partial charge on any atom is 0.265 e. The molecule has 1 aromatic carbocycles. The Morgan fingerprint density at radius 3 is 2.84 bits per heavy atom. The van der Waals surface area contributed by atoms with Gasteiger partial charge >= 0.3 is 0 Å². The van der Waals surface area contributed by atoms with Crippen molar-refractivity contribution in [2.45, 2.75) is 19.9 Å². The number of halogens is 1. The molecule has 1 aromatic rings. The van der Waals surface area contributed by atoms with Crippen LogP contribution in [0.2, 0.25) is 0 Å². The quantitative estimate of drug-likeness (QED) is 0.501. The molecule has 102 valence electrons. The lowest BCUT2D eigenvalue weighted by Crippen LogP contribution is -2.30. The molecule has 0 aliphatic carbocycles. The second-order valence-corrected chi connectivity index (χ2v) is 5.72. The molecule has 1 saturated heterocycles. The van der Waals surface area contributed by atoms with Crippen LogP contribution < -0.4 is 11.3 Å². The SMILES string of the molecule is CC1CC(=O)N(Cc2ccc(C(=O)NN)cc2Br)C1. The van der Waals surface area contributed by atoms with Gasteiger partial charge in [-0.25, -0.2) is 5.84 Å². The molecule has 1 atom stereocenters. The molecular weight excluding hydrogens is 310 g/mol. The normalized spacial score (nSPS) is 18.8. The van der Waals surface area contributed by atoms with Crippen LogP contribution >= 0.6 is 15.9 Å². The molecule has 0 radical (unpaired) electrons. The maximum absolute atomic E-state index is 11.8. The molecular formula is C13H16BrN3O2. The fraction of sp³-hybridized carbons (Fsp3) is 0.385. The Kier molecular flexibility index (Phi) is 4.21. The molecule has 0 bridgehead atoms. The number of carbonyl (C=O) groups is 2. The van der Waals surface area contributed by atoms with Gasteiger partial charge in [-0.05, 0) is 23.6 Å². The first-order valence-electron chi connectivity index (χ1n) is 6.08. The van der Waals surface area contributed by atoms with E-state index in [4.69, 9.17) is 5.84 Å². The lowest BCUT2D eigenvalue weighted by molar-refractivity contribution is -0.128. The fourth-order valence-electron chi connectivity index (χ4n) is 2.23. The second kappa shape index (κ2) is 5.71. The number of hydrogen-bond acceptors (Lipinski definition) is 3. The van der Waals surface area contributed by atoms with Crippen molar-refractivity contribution in [2.75, 3.05) is 6.54 Å². The van der Waals surface area contributed by atoms with Gasteiger partial charge in [0.2, 0.25) is 5.91 Å². The highest BCUT2D eigenvalue weighted by molar-refractivity contribution is 9.10. The molecule has 1 unspecified atom stereocenters. The summed E-state index contributed by atoms with van der Waals surface area (Å²) in [5, 5.41) is 0. The summed E-state index contributed by atoms with van der Waals surface area (Å²) in [5.41, 5.74) is 3.56. The van der Waals surface area contributed by atoms with Crippen LogP contribution in [-0.2, 0) is 11.3 Å². The van der Waals surface area contributed by atoms with Crippen molar-refractivity contribution in [3.63, 3.8) is 0 Å². The third-order valence-corrected chi connectivity index (χ3v) is 3.95. The van der Waals surface area contributed by atoms with E-state index < -0.39 is 0 Å². The number of hydrazine groups is 1. The van der Waals surface area contributed by atoms with E-state index >= 15 is 0 Å². The minimum absolute atomic E-state index is 0.183. The number of benzene rings is 1. The molecule has 1 fully saturated rings. The molecule has 19 heavy (non-hydrogen) atoms. The zero-order chi connectivity index (χ0) is 14.0. The minimum Gasteiger partial charge on any atom is -0.338 e. The van der Waals surface area contributed by atoms with Crippen LogP contribution in [0, 0.1) is 5.92 Å². The Hall–Kier alpha value is -1.40. The number of nitrogens with two attached hydrogens (primary N) is 1. The van der Waals surface area contributed by atoms with Gasteiger partial charge < -0.3 is 4.90 Å². The lowest BCUT2D eigenvalue weighted by Gasteiger charge is -2.17. The van der Waals surface area contributed by atoms with Gasteiger partial charge in [-0.1, -0.05) is 28.9 Å². The molecule has 3 N–H and O–H groups in total. The van der Waals surface area contributed by atoms with Crippen molar-refractivity contribution in [3.05, 3.63) is 33.8 Å². The van der Waals surface area contributed by atoms with Gasteiger partial charge in [0, 0.05) is 29.5 Å². The van der Waals surface area contributed by atoms with Crippen molar-refractivity contribution in [2.24, 2.45) is 11.8 Å². The number of likely N-dealkylation sites (tertiary alicyclic amines) is 1. The van der Waals surface area contributed by atoms with Crippen LogP contribution in [0.5, 0.6) is 0 Å². The molecule has 2 rings (SSSR count). The van der Waals surface area contributed by atoms with E-state index in [1.54, 1.807) is 12.1 Å². The Morgan fingerprint density at radius 1 is 1.58 bits per heavy atom. The predicted octanol–water partition coefficient (Wildman–Crippen LogP) is 1.42. The predicted molar refractivity (Wildman–Crippen MR) is 75.0 cm³/mol. The molecule has 1 aliphatic heterocycles.